The Morgan fingerprint density at radius 2 is 1.95 bits per heavy atom. The summed E-state index contributed by atoms with van der Waals surface area (Å²) in [6.45, 7) is 4.33. The lowest BCUT2D eigenvalue weighted by atomic mass is 10.1. The Bertz CT molecular complexity index is 493. The molecule has 1 aliphatic carbocycles. The molecule has 5 heteroatoms. The number of aliphatic hydroxyl groups is 1. The lowest BCUT2D eigenvalue weighted by Gasteiger charge is -2.27. The van der Waals surface area contributed by atoms with E-state index in [-0.39, 0.29) is 11.8 Å². The molecule has 3 rings (SSSR count). The van der Waals surface area contributed by atoms with Crippen LogP contribution in [0, 0.1) is 5.92 Å². The third kappa shape index (κ3) is 4.29. The summed E-state index contributed by atoms with van der Waals surface area (Å²) in [5.74, 6) is 0.319. The highest BCUT2D eigenvalue weighted by Crippen LogP contribution is 2.30. The Hall–Kier alpha value is -1.43. The first-order valence-electron chi connectivity index (χ1n) is 8.11. The molecule has 0 aromatic heterocycles. The van der Waals surface area contributed by atoms with Crippen LogP contribution in [0.25, 0.3) is 0 Å². The molecule has 2 N–H and O–H groups in total. The van der Waals surface area contributed by atoms with E-state index in [2.05, 4.69) is 10.2 Å². The zero-order chi connectivity index (χ0) is 15.4. The summed E-state index contributed by atoms with van der Waals surface area (Å²) in [5, 5.41) is 13.2. The van der Waals surface area contributed by atoms with Gasteiger partial charge in [0.25, 0.3) is 0 Å². The number of hydrogen-bond donors (Lipinski definition) is 2. The summed E-state index contributed by atoms with van der Waals surface area (Å²) in [5.41, 5.74) is 1.71. The van der Waals surface area contributed by atoms with Crippen LogP contribution in [0.4, 0.5) is 5.69 Å². The third-order valence-electron chi connectivity index (χ3n) is 4.33. The van der Waals surface area contributed by atoms with Gasteiger partial charge in [-0.25, -0.2) is 0 Å². The smallest absolute Gasteiger partial charge is 0.227 e. The molecule has 5 nitrogen and oxygen atoms in total. The maximum absolute atomic E-state index is 11.7. The topological polar surface area (TPSA) is 61.8 Å². The molecule has 1 aromatic rings. The van der Waals surface area contributed by atoms with Crippen LogP contribution >= 0.6 is 0 Å². The monoisotopic (exact) mass is 304 g/mol. The molecule has 1 saturated heterocycles. The van der Waals surface area contributed by atoms with Crippen molar-refractivity contribution in [3.63, 3.8) is 0 Å². The number of benzene rings is 1. The van der Waals surface area contributed by atoms with Crippen LogP contribution in [-0.2, 0) is 9.53 Å². The van der Waals surface area contributed by atoms with Gasteiger partial charge in [0.15, 0.2) is 0 Å². The summed E-state index contributed by atoms with van der Waals surface area (Å²) >= 11 is 0. The largest absolute Gasteiger partial charge is 0.388 e. The highest BCUT2D eigenvalue weighted by molar-refractivity contribution is 5.93. The summed E-state index contributed by atoms with van der Waals surface area (Å²) in [4.78, 5) is 14.0. The van der Waals surface area contributed by atoms with Gasteiger partial charge in [-0.05, 0) is 37.0 Å². The van der Waals surface area contributed by atoms with E-state index < -0.39 is 6.10 Å². The molecule has 2 aliphatic rings. The maximum atomic E-state index is 11.7. The fourth-order valence-corrected chi connectivity index (χ4v) is 2.67. The van der Waals surface area contributed by atoms with Crippen LogP contribution < -0.4 is 5.32 Å². The molecule has 2 fully saturated rings. The molecule has 1 amide bonds. The van der Waals surface area contributed by atoms with Crippen molar-refractivity contribution in [1.29, 1.82) is 0 Å². The van der Waals surface area contributed by atoms with Gasteiger partial charge in [-0.3, -0.25) is 9.69 Å². The molecule has 22 heavy (non-hydrogen) atoms. The second-order valence-corrected chi connectivity index (χ2v) is 6.14. The summed E-state index contributed by atoms with van der Waals surface area (Å²) in [7, 11) is 0. The number of rotatable bonds is 6. The van der Waals surface area contributed by atoms with Crippen LogP contribution in [0.1, 0.15) is 30.9 Å². The molecule has 1 atom stereocenters. The highest BCUT2D eigenvalue weighted by Gasteiger charge is 2.29. The van der Waals surface area contributed by atoms with Crippen LogP contribution in [0.5, 0.6) is 0 Å². The number of ether oxygens (including phenoxy) is 1. The number of amides is 1. The van der Waals surface area contributed by atoms with Gasteiger partial charge in [-0.15, -0.1) is 0 Å². The summed E-state index contributed by atoms with van der Waals surface area (Å²) in [6.07, 6.45) is 2.26. The molecule has 1 saturated carbocycles. The minimum Gasteiger partial charge on any atom is -0.388 e. The maximum Gasteiger partial charge on any atom is 0.227 e. The average molecular weight is 304 g/mol. The predicted octanol–water partition coefficient (Wildman–Crippen LogP) is 1.79. The second-order valence-electron chi connectivity index (χ2n) is 6.14. The van der Waals surface area contributed by atoms with E-state index in [1.54, 1.807) is 0 Å². The molecule has 1 heterocycles. The van der Waals surface area contributed by atoms with E-state index in [1.807, 2.05) is 24.3 Å². The first-order chi connectivity index (χ1) is 10.7. The fourth-order valence-electron chi connectivity index (χ4n) is 2.67. The van der Waals surface area contributed by atoms with E-state index in [0.29, 0.717) is 6.42 Å². The first kappa shape index (κ1) is 15.5. The molecule has 1 aliphatic heterocycles. The van der Waals surface area contributed by atoms with E-state index in [4.69, 9.17) is 4.74 Å². The Kier molecular flexibility index (Phi) is 5.08. The van der Waals surface area contributed by atoms with Crippen molar-refractivity contribution >= 4 is 11.6 Å². The number of hydrogen-bond acceptors (Lipinski definition) is 4. The van der Waals surface area contributed by atoms with Crippen LogP contribution in [0.3, 0.4) is 0 Å². The van der Waals surface area contributed by atoms with Gasteiger partial charge in [0.05, 0.1) is 19.3 Å². The molecule has 1 aromatic carbocycles. The standard InChI is InChI=1S/C17H24N2O3/c20-16(7-8-19-9-11-22-12-10-19)13-3-5-15(6-4-13)18-17(21)14-1-2-14/h3-6,14,16,20H,1-2,7-12H2,(H,18,21). The fraction of sp³-hybridized carbons (Fsp3) is 0.588. The van der Waals surface area contributed by atoms with Gasteiger partial charge in [0.1, 0.15) is 0 Å². The van der Waals surface area contributed by atoms with Gasteiger partial charge >= 0.3 is 0 Å². The van der Waals surface area contributed by atoms with Crippen molar-refractivity contribution in [2.75, 3.05) is 38.2 Å². The Morgan fingerprint density at radius 3 is 2.59 bits per heavy atom. The molecule has 0 spiro atoms. The predicted molar refractivity (Wildman–Crippen MR) is 84.6 cm³/mol. The SMILES string of the molecule is O=C(Nc1ccc(C(O)CCN2CCOCC2)cc1)C1CC1. The minimum absolute atomic E-state index is 0.112. The van der Waals surface area contributed by atoms with E-state index in [9.17, 15) is 9.90 Å². The van der Waals surface area contributed by atoms with Crippen molar-refractivity contribution in [1.82, 2.24) is 4.90 Å². The molecule has 0 bridgehead atoms. The van der Waals surface area contributed by atoms with E-state index in [0.717, 1.165) is 56.9 Å². The van der Waals surface area contributed by atoms with Crippen LogP contribution in [0.15, 0.2) is 24.3 Å². The summed E-state index contributed by atoms with van der Waals surface area (Å²) in [6, 6.07) is 7.53. The number of anilines is 1. The van der Waals surface area contributed by atoms with Crippen molar-refractivity contribution in [3.05, 3.63) is 29.8 Å². The quantitative estimate of drug-likeness (QED) is 0.841. The average Bonchev–Trinajstić information content (AvgIpc) is 3.39. The van der Waals surface area contributed by atoms with Gasteiger partial charge in [-0.1, -0.05) is 12.1 Å². The van der Waals surface area contributed by atoms with Crippen molar-refractivity contribution < 1.29 is 14.6 Å². The number of nitrogens with zero attached hydrogens (tertiary/aromatic N) is 1. The normalized spacial score (nSPS) is 20.6. The first-order valence-corrected chi connectivity index (χ1v) is 8.11. The molecule has 1 unspecified atom stereocenters. The zero-order valence-corrected chi connectivity index (χ0v) is 12.8. The lowest BCUT2D eigenvalue weighted by molar-refractivity contribution is -0.117. The lowest BCUT2D eigenvalue weighted by Crippen LogP contribution is -2.37. The highest BCUT2D eigenvalue weighted by atomic mass is 16.5. The minimum atomic E-state index is -0.462. The van der Waals surface area contributed by atoms with Gasteiger partial charge < -0.3 is 15.2 Å². The molecular formula is C17H24N2O3. The van der Waals surface area contributed by atoms with Crippen molar-refractivity contribution in [2.24, 2.45) is 5.92 Å². The number of carbonyl (C=O) groups is 1. The van der Waals surface area contributed by atoms with Crippen LogP contribution in [0.2, 0.25) is 0 Å². The molecular weight excluding hydrogens is 280 g/mol. The second kappa shape index (κ2) is 7.22. The summed E-state index contributed by atoms with van der Waals surface area (Å²) < 4.78 is 5.32. The van der Waals surface area contributed by atoms with Crippen LogP contribution in [-0.4, -0.2) is 48.8 Å². The Labute approximate surface area is 131 Å². The van der Waals surface area contributed by atoms with Crippen molar-refractivity contribution in [3.8, 4) is 0 Å². The van der Waals surface area contributed by atoms with E-state index in [1.165, 1.54) is 0 Å². The van der Waals surface area contributed by atoms with Gasteiger partial charge in [-0.2, -0.15) is 0 Å². The van der Waals surface area contributed by atoms with Crippen molar-refractivity contribution in [2.45, 2.75) is 25.4 Å². The zero-order valence-electron chi connectivity index (χ0n) is 12.8. The van der Waals surface area contributed by atoms with Gasteiger partial charge in [0.2, 0.25) is 5.91 Å². The molecule has 120 valence electrons. The van der Waals surface area contributed by atoms with E-state index >= 15 is 0 Å². The van der Waals surface area contributed by atoms with Gasteiger partial charge in [0, 0.05) is 31.2 Å². The number of morpholine rings is 1. The number of carbonyl (C=O) groups excluding carboxylic acids is 1. The Balaban J connectivity index is 1.47. The number of aliphatic hydroxyl groups excluding tert-OH is 1. The third-order valence-corrected chi connectivity index (χ3v) is 4.33. The molecule has 0 radical (unpaired) electrons. The number of nitrogens with one attached hydrogen (secondary N) is 1. The Morgan fingerprint density at radius 1 is 1.27 bits per heavy atom.